The maximum absolute atomic E-state index is 13.2. The summed E-state index contributed by atoms with van der Waals surface area (Å²) < 4.78 is 6.85. The molecular formula is C23H28N6O3S. The average Bonchev–Trinajstić information content (AvgIpc) is 3.20. The topological polar surface area (TPSA) is 101 Å². The molecule has 174 valence electrons. The number of nitrogens with one attached hydrogen (secondary N) is 2. The lowest BCUT2D eigenvalue weighted by Gasteiger charge is -2.27. The van der Waals surface area contributed by atoms with Crippen LogP contribution in [0.3, 0.4) is 0 Å². The number of thiocarbonyl (C=S) groups is 1. The van der Waals surface area contributed by atoms with E-state index in [4.69, 9.17) is 17.0 Å². The number of rotatable bonds is 6. The van der Waals surface area contributed by atoms with Crippen LogP contribution in [0.15, 0.2) is 54.6 Å². The number of fused-ring (bicyclic) bond motifs is 1. The molecule has 2 aromatic carbocycles. The summed E-state index contributed by atoms with van der Waals surface area (Å²) in [6, 6.07) is 16.1. The first-order valence-corrected chi connectivity index (χ1v) is 10.9. The molecular weight excluding hydrogens is 440 g/mol. The lowest BCUT2D eigenvalue weighted by atomic mass is 10.1. The summed E-state index contributed by atoms with van der Waals surface area (Å²) in [5.74, 6) is -0.288. The lowest BCUT2D eigenvalue weighted by molar-refractivity contribution is -0.132. The van der Waals surface area contributed by atoms with E-state index in [-0.39, 0.29) is 12.6 Å². The van der Waals surface area contributed by atoms with E-state index in [1.165, 1.54) is 9.58 Å². The zero-order chi connectivity index (χ0) is 24.0. The molecule has 0 aliphatic carbocycles. The molecule has 0 radical (unpaired) electrons. The zero-order valence-corrected chi connectivity index (χ0v) is 19.9. The van der Waals surface area contributed by atoms with Gasteiger partial charge in [0.05, 0.1) is 12.2 Å². The molecule has 1 heterocycles. The minimum atomic E-state index is -0.810. The number of likely N-dealkylation sites (N-methyl/N-ethyl adjacent to an activating group) is 1. The molecule has 0 saturated heterocycles. The summed E-state index contributed by atoms with van der Waals surface area (Å²) >= 11 is 5.43. The van der Waals surface area contributed by atoms with Crippen molar-refractivity contribution in [3.63, 3.8) is 0 Å². The van der Waals surface area contributed by atoms with E-state index in [0.29, 0.717) is 11.5 Å². The maximum atomic E-state index is 13.2. The number of nitrogens with zero attached hydrogens (tertiary/aromatic N) is 4. The van der Waals surface area contributed by atoms with Crippen molar-refractivity contribution in [3.8, 4) is 0 Å². The molecule has 3 aromatic rings. The molecule has 1 unspecified atom stereocenters. The van der Waals surface area contributed by atoms with Gasteiger partial charge in [-0.25, -0.2) is 4.79 Å². The van der Waals surface area contributed by atoms with Gasteiger partial charge in [0, 0.05) is 13.5 Å². The Morgan fingerprint density at radius 2 is 1.79 bits per heavy atom. The van der Waals surface area contributed by atoms with Crippen molar-refractivity contribution in [1.82, 2.24) is 30.5 Å². The van der Waals surface area contributed by atoms with Crippen molar-refractivity contribution >= 4 is 40.4 Å². The van der Waals surface area contributed by atoms with Crippen molar-refractivity contribution in [2.24, 2.45) is 0 Å². The van der Waals surface area contributed by atoms with E-state index < -0.39 is 17.7 Å². The van der Waals surface area contributed by atoms with Crippen LogP contribution >= 0.6 is 12.2 Å². The first-order chi connectivity index (χ1) is 15.6. The van der Waals surface area contributed by atoms with Crippen molar-refractivity contribution in [1.29, 1.82) is 0 Å². The highest BCUT2D eigenvalue weighted by Crippen LogP contribution is 2.11. The fraction of sp³-hybridized carbons (Fsp3) is 0.348. The Morgan fingerprint density at radius 3 is 2.48 bits per heavy atom. The van der Waals surface area contributed by atoms with E-state index in [2.05, 4.69) is 20.9 Å². The molecule has 0 bridgehead atoms. The van der Waals surface area contributed by atoms with Gasteiger partial charge in [-0.05, 0) is 50.7 Å². The summed E-state index contributed by atoms with van der Waals surface area (Å²) in [5, 5.41) is 14.2. The molecule has 3 rings (SSSR count). The van der Waals surface area contributed by atoms with Gasteiger partial charge < -0.3 is 20.3 Å². The quantitative estimate of drug-likeness (QED) is 0.424. The standard InChI is InChI=1S/C23H28N6O3S/c1-23(2,3)32-22(31)25-18(14-16-10-6-5-7-11-16)20(30)28(4)15-24-21(33)29-19-13-9-8-12-17(19)26-27-29/h5-13,18H,14-15H2,1-4H3,(H,24,33)(H,25,31). The van der Waals surface area contributed by atoms with Crippen LogP contribution in [0, 0.1) is 0 Å². The first kappa shape index (κ1) is 24.1. The molecule has 0 aliphatic rings. The Balaban J connectivity index is 1.67. The SMILES string of the molecule is CN(CNC(=S)n1nnc2ccccc21)C(=O)C(Cc1ccccc1)NC(=O)OC(C)(C)C. The monoisotopic (exact) mass is 468 g/mol. The number of benzene rings is 2. The highest BCUT2D eigenvalue weighted by Gasteiger charge is 2.27. The average molecular weight is 469 g/mol. The Hall–Kier alpha value is -3.53. The molecule has 1 atom stereocenters. The zero-order valence-electron chi connectivity index (χ0n) is 19.1. The van der Waals surface area contributed by atoms with Crippen LogP contribution in [-0.2, 0) is 16.0 Å². The van der Waals surface area contributed by atoms with Gasteiger partial charge in [0.15, 0.2) is 5.11 Å². The molecule has 33 heavy (non-hydrogen) atoms. The lowest BCUT2D eigenvalue weighted by Crippen LogP contribution is -2.52. The number of carbonyl (C=O) groups excluding carboxylic acids is 2. The predicted octanol–water partition coefficient (Wildman–Crippen LogP) is 2.71. The maximum Gasteiger partial charge on any atom is 0.408 e. The van der Waals surface area contributed by atoms with Crippen LogP contribution in [0.4, 0.5) is 4.79 Å². The number of para-hydroxylation sites is 1. The van der Waals surface area contributed by atoms with Gasteiger partial charge in [0.2, 0.25) is 5.91 Å². The second kappa shape index (κ2) is 10.4. The van der Waals surface area contributed by atoms with Crippen LogP contribution in [-0.4, -0.2) is 62.4 Å². The van der Waals surface area contributed by atoms with Crippen molar-refractivity contribution in [2.45, 2.75) is 38.8 Å². The number of carbonyl (C=O) groups is 2. The van der Waals surface area contributed by atoms with Gasteiger partial charge in [-0.15, -0.1) is 5.10 Å². The van der Waals surface area contributed by atoms with Crippen LogP contribution in [0.1, 0.15) is 26.3 Å². The minimum Gasteiger partial charge on any atom is -0.444 e. The second-order valence-electron chi connectivity index (χ2n) is 8.55. The van der Waals surface area contributed by atoms with Crippen molar-refractivity contribution in [3.05, 3.63) is 60.2 Å². The first-order valence-electron chi connectivity index (χ1n) is 10.5. The molecule has 9 nitrogen and oxygen atoms in total. The molecule has 1 aromatic heterocycles. The minimum absolute atomic E-state index is 0.118. The Morgan fingerprint density at radius 1 is 1.12 bits per heavy atom. The van der Waals surface area contributed by atoms with Gasteiger partial charge in [-0.1, -0.05) is 47.7 Å². The highest BCUT2D eigenvalue weighted by molar-refractivity contribution is 7.80. The van der Waals surface area contributed by atoms with Gasteiger partial charge in [-0.2, -0.15) is 4.68 Å². The third-order valence-corrected chi connectivity index (χ3v) is 4.98. The van der Waals surface area contributed by atoms with Crippen LogP contribution in [0.25, 0.3) is 11.0 Å². The summed E-state index contributed by atoms with van der Waals surface area (Å²) in [5.41, 5.74) is 1.72. The van der Waals surface area contributed by atoms with E-state index in [9.17, 15) is 9.59 Å². The summed E-state index contributed by atoms with van der Waals surface area (Å²) in [6.45, 7) is 5.43. The normalized spacial score (nSPS) is 12.1. The molecule has 0 aliphatic heterocycles. The molecule has 0 fully saturated rings. The Bertz CT molecular complexity index is 1130. The van der Waals surface area contributed by atoms with Gasteiger partial charge in [-0.3, -0.25) is 4.79 Å². The van der Waals surface area contributed by atoms with Gasteiger partial charge >= 0.3 is 6.09 Å². The summed E-state index contributed by atoms with van der Waals surface area (Å²) in [6.07, 6.45) is -0.329. The van der Waals surface area contributed by atoms with E-state index in [1.807, 2.05) is 54.6 Å². The van der Waals surface area contributed by atoms with E-state index in [0.717, 1.165) is 16.6 Å². The largest absolute Gasteiger partial charge is 0.444 e. The molecule has 2 N–H and O–H groups in total. The Labute approximate surface area is 198 Å². The third kappa shape index (κ3) is 6.72. The van der Waals surface area contributed by atoms with Gasteiger partial charge in [0.1, 0.15) is 17.2 Å². The molecule has 10 heteroatoms. The summed E-state index contributed by atoms with van der Waals surface area (Å²) in [4.78, 5) is 27.0. The molecule has 2 amide bonds. The predicted molar refractivity (Wildman–Crippen MR) is 130 cm³/mol. The fourth-order valence-corrected chi connectivity index (χ4v) is 3.32. The van der Waals surface area contributed by atoms with Crippen molar-refractivity contribution in [2.75, 3.05) is 13.7 Å². The number of hydrogen-bond acceptors (Lipinski definition) is 6. The van der Waals surface area contributed by atoms with Crippen LogP contribution in [0.2, 0.25) is 0 Å². The number of amides is 2. The van der Waals surface area contributed by atoms with E-state index in [1.54, 1.807) is 27.8 Å². The summed E-state index contributed by atoms with van der Waals surface area (Å²) in [7, 11) is 1.63. The highest BCUT2D eigenvalue weighted by atomic mass is 32.1. The number of aromatic nitrogens is 3. The second-order valence-corrected chi connectivity index (χ2v) is 8.94. The van der Waals surface area contributed by atoms with E-state index >= 15 is 0 Å². The molecule has 0 saturated carbocycles. The number of ether oxygens (including phenoxy) is 1. The van der Waals surface area contributed by atoms with Gasteiger partial charge in [0.25, 0.3) is 0 Å². The molecule has 0 spiro atoms. The smallest absolute Gasteiger partial charge is 0.408 e. The van der Waals surface area contributed by atoms with Crippen LogP contribution < -0.4 is 10.6 Å². The Kier molecular flexibility index (Phi) is 7.59. The van der Waals surface area contributed by atoms with Crippen molar-refractivity contribution < 1.29 is 14.3 Å². The van der Waals surface area contributed by atoms with Crippen LogP contribution in [0.5, 0.6) is 0 Å². The fourth-order valence-electron chi connectivity index (χ4n) is 3.12. The number of alkyl carbamates (subject to hydrolysis) is 1. The third-order valence-electron chi connectivity index (χ3n) is 4.66. The number of hydrogen-bond donors (Lipinski definition) is 2.